The zero-order chi connectivity index (χ0) is 10.8. The molecule has 1 heterocycles. The Kier molecular flexibility index (Phi) is 2.70. The maximum absolute atomic E-state index is 5.76. The fourth-order valence-electron chi connectivity index (χ4n) is 1.65. The van der Waals surface area contributed by atoms with Crippen LogP contribution in [0.2, 0.25) is 0 Å². The number of hydrogen-bond acceptors (Lipinski definition) is 3. The Morgan fingerprint density at radius 1 is 1.12 bits per heavy atom. The Bertz CT molecular complexity index is 339. The van der Waals surface area contributed by atoms with Gasteiger partial charge in [0.05, 0.1) is 12.7 Å². The van der Waals surface area contributed by atoms with Gasteiger partial charge in [-0.1, -0.05) is 0 Å². The smallest absolute Gasteiger partial charge is 0.119 e. The van der Waals surface area contributed by atoms with Crippen LogP contribution in [0.4, 0.5) is 0 Å². The van der Waals surface area contributed by atoms with E-state index in [-0.39, 0.29) is 0 Å². The van der Waals surface area contributed by atoms with Crippen molar-refractivity contribution in [2.75, 3.05) is 13.2 Å². The molecule has 0 aromatic heterocycles. The molecule has 1 saturated carbocycles. The molecule has 1 aromatic rings. The predicted octanol–water partition coefficient (Wildman–Crippen LogP) is 2.40. The molecule has 2 aliphatic rings. The van der Waals surface area contributed by atoms with Gasteiger partial charge in [-0.05, 0) is 43.5 Å². The Hall–Kier alpha value is -1.22. The number of hydrogen-bond donors (Lipinski definition) is 0. The van der Waals surface area contributed by atoms with Gasteiger partial charge < -0.3 is 14.2 Å². The van der Waals surface area contributed by atoms with E-state index >= 15 is 0 Å². The van der Waals surface area contributed by atoms with Crippen molar-refractivity contribution < 1.29 is 14.2 Å². The fourth-order valence-corrected chi connectivity index (χ4v) is 1.65. The largest absolute Gasteiger partial charge is 0.491 e. The van der Waals surface area contributed by atoms with Crippen LogP contribution in [-0.4, -0.2) is 25.4 Å². The highest BCUT2D eigenvalue weighted by atomic mass is 16.6. The first kappa shape index (κ1) is 9.97. The van der Waals surface area contributed by atoms with Crippen molar-refractivity contribution in [3.05, 3.63) is 24.3 Å². The normalized spacial score (nSPS) is 23.6. The van der Waals surface area contributed by atoms with Gasteiger partial charge in [0, 0.05) is 0 Å². The van der Waals surface area contributed by atoms with E-state index in [9.17, 15) is 0 Å². The van der Waals surface area contributed by atoms with Crippen molar-refractivity contribution in [1.29, 1.82) is 0 Å². The van der Waals surface area contributed by atoms with Crippen LogP contribution in [0, 0.1) is 0 Å². The van der Waals surface area contributed by atoms with Crippen LogP contribution in [0.5, 0.6) is 11.5 Å². The van der Waals surface area contributed by atoms with Crippen molar-refractivity contribution in [2.45, 2.75) is 31.5 Å². The van der Waals surface area contributed by atoms with Crippen LogP contribution in [0.25, 0.3) is 0 Å². The van der Waals surface area contributed by atoms with Crippen LogP contribution in [-0.2, 0) is 4.74 Å². The first-order valence-corrected chi connectivity index (χ1v) is 5.91. The van der Waals surface area contributed by atoms with E-state index in [4.69, 9.17) is 14.2 Å². The minimum atomic E-state index is 0.311. The molecule has 3 nitrogen and oxygen atoms in total. The molecule has 1 aliphatic carbocycles. The lowest BCUT2D eigenvalue weighted by Crippen LogP contribution is -2.24. The first-order valence-electron chi connectivity index (χ1n) is 5.91. The lowest BCUT2D eigenvalue weighted by molar-refractivity contribution is 0.120. The molecule has 86 valence electrons. The summed E-state index contributed by atoms with van der Waals surface area (Å²) in [5, 5.41) is 0. The van der Waals surface area contributed by atoms with Crippen LogP contribution in [0.15, 0.2) is 24.3 Å². The van der Waals surface area contributed by atoms with E-state index in [0.717, 1.165) is 18.1 Å². The molecule has 1 saturated heterocycles. The molecular weight excluding hydrogens is 204 g/mol. The van der Waals surface area contributed by atoms with Crippen LogP contribution >= 0.6 is 0 Å². The maximum Gasteiger partial charge on any atom is 0.119 e. The first-order chi connectivity index (χ1) is 7.90. The van der Waals surface area contributed by atoms with Gasteiger partial charge in [-0.15, -0.1) is 0 Å². The van der Waals surface area contributed by atoms with Crippen molar-refractivity contribution >= 4 is 0 Å². The molecule has 1 atom stereocenters. The van der Waals surface area contributed by atoms with E-state index < -0.39 is 0 Å². The quantitative estimate of drug-likeness (QED) is 0.714. The third-order valence-electron chi connectivity index (χ3n) is 3.02. The molecule has 1 aromatic carbocycles. The van der Waals surface area contributed by atoms with E-state index in [0.29, 0.717) is 18.8 Å². The maximum atomic E-state index is 5.76. The highest BCUT2D eigenvalue weighted by Crippen LogP contribution is 2.26. The van der Waals surface area contributed by atoms with E-state index in [1.807, 2.05) is 24.3 Å². The molecule has 3 rings (SSSR count). The van der Waals surface area contributed by atoms with Crippen molar-refractivity contribution in [2.24, 2.45) is 0 Å². The molecule has 1 unspecified atom stereocenters. The highest BCUT2D eigenvalue weighted by Gasteiger charge is 2.23. The topological polar surface area (TPSA) is 31.0 Å². The average Bonchev–Trinajstić information content (AvgIpc) is 3.06. The zero-order valence-corrected chi connectivity index (χ0v) is 9.22. The third kappa shape index (κ3) is 2.47. The van der Waals surface area contributed by atoms with Gasteiger partial charge in [0.25, 0.3) is 0 Å². The second-order valence-corrected chi connectivity index (χ2v) is 4.41. The van der Waals surface area contributed by atoms with Gasteiger partial charge >= 0.3 is 0 Å². The summed E-state index contributed by atoms with van der Waals surface area (Å²) in [6.45, 7) is 1.49. The molecule has 16 heavy (non-hydrogen) atoms. The minimum Gasteiger partial charge on any atom is -0.491 e. The van der Waals surface area contributed by atoms with Gasteiger partial charge in [-0.25, -0.2) is 0 Å². The van der Waals surface area contributed by atoms with Gasteiger partial charge in [0.15, 0.2) is 0 Å². The van der Waals surface area contributed by atoms with E-state index in [1.54, 1.807) is 0 Å². The van der Waals surface area contributed by atoms with E-state index in [2.05, 4.69) is 0 Å². The summed E-state index contributed by atoms with van der Waals surface area (Å²) < 4.78 is 16.4. The Morgan fingerprint density at radius 2 is 1.81 bits per heavy atom. The standard InChI is InChI=1S/C13H16O3/c1-2-11(3-1)16-12-6-4-10(5-7-12)14-8-13-9-15-13/h4-7,11,13H,1-3,8-9H2. The summed E-state index contributed by atoms with van der Waals surface area (Å²) in [5.41, 5.74) is 0. The third-order valence-corrected chi connectivity index (χ3v) is 3.02. The molecule has 0 radical (unpaired) electrons. The molecular formula is C13H16O3. The second kappa shape index (κ2) is 4.34. The van der Waals surface area contributed by atoms with Gasteiger partial charge in [-0.2, -0.15) is 0 Å². The second-order valence-electron chi connectivity index (χ2n) is 4.41. The summed E-state index contributed by atoms with van der Waals surface area (Å²) in [5.74, 6) is 1.83. The van der Waals surface area contributed by atoms with Crippen LogP contribution in [0.1, 0.15) is 19.3 Å². The molecule has 3 heteroatoms. The Morgan fingerprint density at radius 3 is 2.38 bits per heavy atom. The molecule has 0 amide bonds. The summed E-state index contributed by atoms with van der Waals surface area (Å²) in [7, 11) is 0. The number of ether oxygens (including phenoxy) is 3. The number of benzene rings is 1. The molecule has 2 fully saturated rings. The van der Waals surface area contributed by atoms with Crippen molar-refractivity contribution in [3.8, 4) is 11.5 Å². The SMILES string of the molecule is c1cc(OC2CCC2)ccc1OCC1CO1. The average molecular weight is 220 g/mol. The molecule has 0 spiro atoms. The van der Waals surface area contributed by atoms with E-state index in [1.165, 1.54) is 19.3 Å². The van der Waals surface area contributed by atoms with Crippen LogP contribution < -0.4 is 9.47 Å². The highest BCUT2D eigenvalue weighted by molar-refractivity contribution is 5.31. The number of epoxide rings is 1. The summed E-state index contributed by atoms with van der Waals surface area (Å²) >= 11 is 0. The Labute approximate surface area is 95.3 Å². The number of rotatable bonds is 5. The van der Waals surface area contributed by atoms with Crippen molar-refractivity contribution in [3.63, 3.8) is 0 Å². The monoisotopic (exact) mass is 220 g/mol. The molecule has 0 N–H and O–H groups in total. The van der Waals surface area contributed by atoms with Crippen molar-refractivity contribution in [1.82, 2.24) is 0 Å². The van der Waals surface area contributed by atoms with Gasteiger partial charge in [-0.3, -0.25) is 0 Å². The van der Waals surface area contributed by atoms with Gasteiger partial charge in [0.2, 0.25) is 0 Å². The van der Waals surface area contributed by atoms with Gasteiger partial charge in [0.1, 0.15) is 24.2 Å². The lowest BCUT2D eigenvalue weighted by Gasteiger charge is -2.26. The zero-order valence-electron chi connectivity index (χ0n) is 9.22. The summed E-state index contributed by atoms with van der Waals surface area (Å²) in [6.07, 6.45) is 4.43. The molecule has 0 bridgehead atoms. The minimum absolute atomic E-state index is 0.311. The summed E-state index contributed by atoms with van der Waals surface area (Å²) in [4.78, 5) is 0. The predicted molar refractivity (Wildman–Crippen MR) is 59.9 cm³/mol. The summed E-state index contributed by atoms with van der Waals surface area (Å²) in [6, 6.07) is 7.86. The Balaban J connectivity index is 1.51. The van der Waals surface area contributed by atoms with Crippen LogP contribution in [0.3, 0.4) is 0 Å². The molecule has 1 aliphatic heterocycles. The lowest BCUT2D eigenvalue weighted by atomic mass is 9.96. The fraction of sp³-hybridized carbons (Fsp3) is 0.538.